The molecule has 144 valence electrons. The lowest BCUT2D eigenvalue weighted by Crippen LogP contribution is -2.43. The Morgan fingerprint density at radius 2 is 1.29 bits per heavy atom. The van der Waals surface area contributed by atoms with E-state index in [1.54, 1.807) is 0 Å². The van der Waals surface area contributed by atoms with Crippen LogP contribution >= 0.6 is 0 Å². The number of carbonyl (C=O) groups is 1. The van der Waals surface area contributed by atoms with E-state index in [0.717, 1.165) is 17.6 Å². The van der Waals surface area contributed by atoms with Crippen molar-refractivity contribution in [2.24, 2.45) is 0 Å². The number of hydrogen-bond donors (Lipinski definition) is 0. The van der Waals surface area contributed by atoms with Gasteiger partial charge in [-0.05, 0) is 12.8 Å². The highest BCUT2D eigenvalue weighted by Gasteiger charge is 2.13. The number of ether oxygens (including phenoxy) is 2. The van der Waals surface area contributed by atoms with Crippen molar-refractivity contribution in [3.8, 4) is 0 Å². The number of nitrogens with zero attached hydrogens (tertiary/aromatic N) is 1. The topological polar surface area (TPSA) is 35.5 Å². The summed E-state index contributed by atoms with van der Waals surface area (Å²) < 4.78 is 11.4. The lowest BCUT2D eigenvalue weighted by atomic mass is 10.1. The molecule has 0 amide bonds. The molecule has 0 fully saturated rings. The fourth-order valence-corrected chi connectivity index (χ4v) is 2.80. The lowest BCUT2D eigenvalue weighted by molar-refractivity contribution is -0.891. The van der Waals surface area contributed by atoms with Crippen molar-refractivity contribution in [3.63, 3.8) is 0 Å². The zero-order chi connectivity index (χ0) is 18.1. The number of hydrogen-bond acceptors (Lipinski definition) is 3. The van der Waals surface area contributed by atoms with Gasteiger partial charge in [0.15, 0.2) is 0 Å². The Balaban J connectivity index is 3.36. The van der Waals surface area contributed by atoms with Crippen molar-refractivity contribution in [1.82, 2.24) is 0 Å². The van der Waals surface area contributed by atoms with Crippen LogP contribution in [-0.2, 0) is 14.3 Å². The number of rotatable bonds is 17. The molecular formula is C20H42NO3+. The van der Waals surface area contributed by atoms with Crippen LogP contribution in [0, 0.1) is 0 Å². The maximum atomic E-state index is 10.6. The van der Waals surface area contributed by atoms with Gasteiger partial charge in [0.05, 0.1) is 33.9 Å². The van der Waals surface area contributed by atoms with Crippen LogP contribution < -0.4 is 0 Å². The number of likely N-dealkylation sites (N-methyl/N-ethyl adjacent to an activating group) is 1. The largest absolute Gasteiger partial charge is 0.463 e. The average Bonchev–Trinajstić information content (AvgIpc) is 2.52. The zero-order valence-corrected chi connectivity index (χ0v) is 16.8. The number of carbonyl (C=O) groups excluding carboxylic acids is 1. The molecule has 0 saturated carbocycles. The smallest absolute Gasteiger partial charge is 0.302 e. The summed E-state index contributed by atoms with van der Waals surface area (Å²) in [5.74, 6) is -0.240. The first kappa shape index (κ1) is 23.4. The maximum absolute atomic E-state index is 10.6. The van der Waals surface area contributed by atoms with Crippen LogP contribution in [0.4, 0.5) is 0 Å². The molecule has 0 aliphatic rings. The van der Waals surface area contributed by atoms with Crippen molar-refractivity contribution in [2.75, 3.05) is 47.0 Å². The van der Waals surface area contributed by atoms with Crippen molar-refractivity contribution in [3.05, 3.63) is 0 Å². The molecule has 0 radical (unpaired) electrons. The highest BCUT2D eigenvalue weighted by molar-refractivity contribution is 5.65. The van der Waals surface area contributed by atoms with Gasteiger partial charge >= 0.3 is 5.97 Å². The van der Waals surface area contributed by atoms with Crippen LogP contribution in [0.2, 0.25) is 0 Å². The maximum Gasteiger partial charge on any atom is 0.302 e. The number of esters is 1. The van der Waals surface area contributed by atoms with Crippen molar-refractivity contribution >= 4 is 5.97 Å². The highest BCUT2D eigenvalue weighted by atomic mass is 16.6. The van der Waals surface area contributed by atoms with Gasteiger partial charge in [0.2, 0.25) is 0 Å². The summed E-state index contributed by atoms with van der Waals surface area (Å²) in [6.45, 7) is 7.51. The van der Waals surface area contributed by atoms with Gasteiger partial charge in [-0.2, -0.15) is 0 Å². The van der Waals surface area contributed by atoms with Gasteiger partial charge in [-0.3, -0.25) is 4.79 Å². The molecule has 0 spiro atoms. The minimum absolute atomic E-state index is 0.240. The predicted molar refractivity (Wildman–Crippen MR) is 101 cm³/mol. The Morgan fingerprint density at radius 1 is 0.750 bits per heavy atom. The predicted octanol–water partition coefficient (Wildman–Crippen LogP) is 4.56. The Kier molecular flexibility index (Phi) is 15.5. The Labute approximate surface area is 150 Å². The van der Waals surface area contributed by atoms with Gasteiger partial charge in [0, 0.05) is 6.92 Å². The molecular weight excluding hydrogens is 302 g/mol. The fourth-order valence-electron chi connectivity index (χ4n) is 2.80. The molecule has 0 aromatic rings. The summed E-state index contributed by atoms with van der Waals surface area (Å²) in [5, 5.41) is 0. The monoisotopic (exact) mass is 344 g/mol. The normalized spacial score (nSPS) is 11.7. The summed E-state index contributed by atoms with van der Waals surface area (Å²) in [4.78, 5) is 10.6. The van der Waals surface area contributed by atoms with E-state index in [9.17, 15) is 4.79 Å². The molecule has 0 aliphatic heterocycles. The van der Waals surface area contributed by atoms with Crippen molar-refractivity contribution in [1.29, 1.82) is 0 Å². The van der Waals surface area contributed by atoms with E-state index in [0.29, 0.717) is 13.2 Å². The van der Waals surface area contributed by atoms with Gasteiger partial charge in [-0.25, -0.2) is 0 Å². The summed E-state index contributed by atoms with van der Waals surface area (Å²) in [6, 6.07) is 0. The Hall–Kier alpha value is -0.610. The third-order valence-electron chi connectivity index (χ3n) is 4.49. The molecule has 24 heavy (non-hydrogen) atoms. The number of unbranched alkanes of at least 4 members (excludes halogenated alkanes) is 9. The zero-order valence-electron chi connectivity index (χ0n) is 16.8. The second kappa shape index (κ2) is 15.9. The molecule has 0 bridgehead atoms. The molecule has 0 aliphatic carbocycles. The highest BCUT2D eigenvalue weighted by Crippen LogP contribution is 2.11. The molecule has 4 heteroatoms. The molecule has 0 rings (SSSR count). The van der Waals surface area contributed by atoms with E-state index in [1.807, 2.05) is 0 Å². The first-order valence-corrected chi connectivity index (χ1v) is 10.0. The van der Waals surface area contributed by atoms with Crippen molar-refractivity contribution in [2.45, 2.75) is 78.1 Å². The average molecular weight is 345 g/mol. The quantitative estimate of drug-likeness (QED) is 0.220. The summed E-state index contributed by atoms with van der Waals surface area (Å²) in [5.41, 5.74) is 0. The minimum atomic E-state index is -0.240. The van der Waals surface area contributed by atoms with Crippen LogP contribution in [0.15, 0.2) is 0 Å². The van der Waals surface area contributed by atoms with E-state index >= 15 is 0 Å². The second-order valence-corrected chi connectivity index (χ2v) is 7.52. The SMILES string of the molecule is CCCCCCCCCCCC[N+](C)(C)CCOCCOC(C)=O. The molecule has 0 unspecified atom stereocenters. The van der Waals surface area contributed by atoms with Gasteiger partial charge in [0.25, 0.3) is 0 Å². The standard InChI is InChI=1S/C20H42NO3/c1-5-6-7-8-9-10-11-12-13-14-15-21(3,4)16-17-23-18-19-24-20(2)22/h5-19H2,1-4H3/q+1. The third kappa shape index (κ3) is 17.7. The minimum Gasteiger partial charge on any atom is -0.463 e. The van der Waals surface area contributed by atoms with Gasteiger partial charge in [-0.1, -0.05) is 58.3 Å². The van der Waals surface area contributed by atoms with E-state index in [2.05, 4.69) is 21.0 Å². The Bertz CT molecular complexity index is 293. The van der Waals surface area contributed by atoms with E-state index in [4.69, 9.17) is 9.47 Å². The van der Waals surface area contributed by atoms with Gasteiger partial charge < -0.3 is 14.0 Å². The Morgan fingerprint density at radius 3 is 1.83 bits per heavy atom. The fraction of sp³-hybridized carbons (Fsp3) is 0.950. The van der Waals surface area contributed by atoms with Gasteiger partial charge in [0.1, 0.15) is 13.2 Å². The second-order valence-electron chi connectivity index (χ2n) is 7.52. The third-order valence-corrected chi connectivity index (χ3v) is 4.49. The van der Waals surface area contributed by atoms with Crippen LogP contribution in [0.5, 0.6) is 0 Å². The van der Waals surface area contributed by atoms with Gasteiger partial charge in [-0.15, -0.1) is 0 Å². The lowest BCUT2D eigenvalue weighted by Gasteiger charge is -2.29. The first-order valence-electron chi connectivity index (χ1n) is 10.0. The van der Waals surface area contributed by atoms with Crippen LogP contribution in [0.1, 0.15) is 78.1 Å². The van der Waals surface area contributed by atoms with E-state index < -0.39 is 0 Å². The summed E-state index contributed by atoms with van der Waals surface area (Å²) in [6.07, 6.45) is 13.9. The molecule has 0 atom stereocenters. The molecule has 0 heterocycles. The van der Waals surface area contributed by atoms with Crippen LogP contribution in [0.3, 0.4) is 0 Å². The molecule has 0 saturated heterocycles. The first-order chi connectivity index (χ1) is 11.5. The molecule has 0 aromatic heterocycles. The van der Waals surface area contributed by atoms with E-state index in [1.165, 1.54) is 77.7 Å². The van der Waals surface area contributed by atoms with E-state index in [-0.39, 0.29) is 5.97 Å². The summed E-state index contributed by atoms with van der Waals surface area (Å²) >= 11 is 0. The molecule has 0 aromatic carbocycles. The summed E-state index contributed by atoms with van der Waals surface area (Å²) in [7, 11) is 4.53. The number of quaternary nitrogens is 1. The van der Waals surface area contributed by atoms with Crippen LogP contribution in [0.25, 0.3) is 0 Å². The molecule has 0 N–H and O–H groups in total. The molecule has 4 nitrogen and oxygen atoms in total. The van der Waals surface area contributed by atoms with Crippen molar-refractivity contribution < 1.29 is 18.8 Å². The van der Waals surface area contributed by atoms with Crippen LogP contribution in [-0.4, -0.2) is 57.5 Å².